The lowest BCUT2D eigenvalue weighted by molar-refractivity contribution is 0.0188. The molecule has 0 aromatic rings. The van der Waals surface area contributed by atoms with Gasteiger partial charge in [0.25, 0.3) is 0 Å². The number of aliphatic hydroxyl groups is 1. The molecule has 2 unspecified atom stereocenters. The van der Waals surface area contributed by atoms with E-state index in [4.69, 9.17) is 9.47 Å². The number of hydrogen-bond donors (Lipinski definition) is 2. The molecule has 1 saturated carbocycles. The molecule has 1 aliphatic rings. The monoisotopic (exact) mass is 245 g/mol. The molecule has 0 bridgehead atoms. The quantitative estimate of drug-likeness (QED) is 0.570. The van der Waals surface area contributed by atoms with Gasteiger partial charge in [0.05, 0.1) is 12.7 Å². The highest BCUT2D eigenvalue weighted by Crippen LogP contribution is 2.25. The summed E-state index contributed by atoms with van der Waals surface area (Å²) in [4.78, 5) is 0. The smallest absolute Gasteiger partial charge is 0.0611 e. The normalized spacial score (nSPS) is 21.2. The molecular formula is C13H27NO3. The van der Waals surface area contributed by atoms with Crippen LogP contribution in [0.15, 0.2) is 0 Å². The first kappa shape index (κ1) is 14.9. The second kappa shape index (κ2) is 7.31. The first-order chi connectivity index (χ1) is 8.09. The van der Waals surface area contributed by atoms with Crippen LogP contribution < -0.4 is 5.32 Å². The number of hydrogen-bond acceptors (Lipinski definition) is 4. The maximum Gasteiger partial charge on any atom is 0.0611 e. The number of methoxy groups -OCH3 is 1. The van der Waals surface area contributed by atoms with Crippen LogP contribution in [0, 0.1) is 0 Å². The molecule has 0 heterocycles. The summed E-state index contributed by atoms with van der Waals surface area (Å²) in [5.41, 5.74) is -0.207. The SMILES string of the molecule is COCCCOC(C)CC(C)(CO)NC1CC1. The summed E-state index contributed by atoms with van der Waals surface area (Å²) in [7, 11) is 1.70. The van der Waals surface area contributed by atoms with Crippen LogP contribution in [0.1, 0.15) is 39.5 Å². The van der Waals surface area contributed by atoms with E-state index >= 15 is 0 Å². The van der Waals surface area contributed by atoms with Gasteiger partial charge in [-0.25, -0.2) is 0 Å². The molecule has 17 heavy (non-hydrogen) atoms. The number of aliphatic hydroxyl groups excluding tert-OH is 1. The zero-order valence-corrected chi connectivity index (χ0v) is 11.4. The molecule has 0 radical (unpaired) electrons. The van der Waals surface area contributed by atoms with Crippen molar-refractivity contribution in [1.29, 1.82) is 0 Å². The van der Waals surface area contributed by atoms with E-state index in [0.717, 1.165) is 26.1 Å². The Labute approximate surface area is 105 Å². The van der Waals surface area contributed by atoms with E-state index in [2.05, 4.69) is 19.2 Å². The molecular weight excluding hydrogens is 218 g/mol. The van der Waals surface area contributed by atoms with Crippen molar-refractivity contribution in [2.24, 2.45) is 0 Å². The predicted molar refractivity (Wildman–Crippen MR) is 68.2 cm³/mol. The van der Waals surface area contributed by atoms with Crippen LogP contribution >= 0.6 is 0 Å². The predicted octanol–water partition coefficient (Wildman–Crippen LogP) is 1.32. The van der Waals surface area contributed by atoms with Crippen molar-refractivity contribution in [1.82, 2.24) is 5.32 Å². The van der Waals surface area contributed by atoms with Gasteiger partial charge in [-0.3, -0.25) is 0 Å². The van der Waals surface area contributed by atoms with Gasteiger partial charge in [-0.05, 0) is 39.5 Å². The lowest BCUT2D eigenvalue weighted by atomic mass is 9.95. The molecule has 0 aromatic carbocycles. The standard InChI is InChI=1S/C13H27NO3/c1-11(17-8-4-7-16-3)9-13(2,10-15)14-12-5-6-12/h11-12,14-15H,4-10H2,1-3H3. The number of rotatable bonds is 10. The lowest BCUT2D eigenvalue weighted by Crippen LogP contribution is -2.49. The molecule has 4 heteroatoms. The molecule has 0 spiro atoms. The minimum atomic E-state index is -0.207. The zero-order chi connectivity index (χ0) is 12.7. The Bertz CT molecular complexity index is 209. The van der Waals surface area contributed by atoms with E-state index in [-0.39, 0.29) is 18.2 Å². The van der Waals surface area contributed by atoms with E-state index < -0.39 is 0 Å². The van der Waals surface area contributed by atoms with E-state index in [1.54, 1.807) is 7.11 Å². The van der Waals surface area contributed by atoms with Crippen molar-refractivity contribution in [2.45, 2.75) is 57.2 Å². The summed E-state index contributed by atoms with van der Waals surface area (Å²) in [6, 6.07) is 0.604. The van der Waals surface area contributed by atoms with E-state index in [1.807, 2.05) is 0 Å². The first-order valence-electron chi connectivity index (χ1n) is 6.59. The first-order valence-corrected chi connectivity index (χ1v) is 6.59. The fraction of sp³-hybridized carbons (Fsp3) is 1.00. The Hall–Kier alpha value is -0.160. The van der Waals surface area contributed by atoms with Crippen molar-refractivity contribution in [3.8, 4) is 0 Å². The minimum absolute atomic E-state index is 0.162. The highest BCUT2D eigenvalue weighted by atomic mass is 16.5. The average Bonchev–Trinajstić information content (AvgIpc) is 3.08. The van der Waals surface area contributed by atoms with Crippen LogP contribution in [0.5, 0.6) is 0 Å². The van der Waals surface area contributed by atoms with Gasteiger partial charge in [0.15, 0.2) is 0 Å². The third-order valence-electron chi connectivity index (χ3n) is 3.11. The van der Waals surface area contributed by atoms with Crippen molar-refractivity contribution >= 4 is 0 Å². The van der Waals surface area contributed by atoms with Crippen molar-refractivity contribution < 1.29 is 14.6 Å². The van der Waals surface area contributed by atoms with Gasteiger partial charge in [-0.15, -0.1) is 0 Å². The Morgan fingerprint density at radius 3 is 2.65 bits per heavy atom. The van der Waals surface area contributed by atoms with Gasteiger partial charge in [0, 0.05) is 31.9 Å². The Morgan fingerprint density at radius 1 is 1.41 bits per heavy atom. The van der Waals surface area contributed by atoms with Crippen LogP contribution in [0.2, 0.25) is 0 Å². The maximum atomic E-state index is 9.48. The molecule has 0 amide bonds. The average molecular weight is 245 g/mol. The molecule has 0 aromatic heterocycles. The maximum absolute atomic E-state index is 9.48. The third-order valence-corrected chi connectivity index (χ3v) is 3.11. The second-order valence-electron chi connectivity index (χ2n) is 5.37. The van der Waals surface area contributed by atoms with Gasteiger partial charge in [0.2, 0.25) is 0 Å². The molecule has 2 N–H and O–H groups in total. The van der Waals surface area contributed by atoms with Crippen LogP contribution in [0.25, 0.3) is 0 Å². The summed E-state index contributed by atoms with van der Waals surface area (Å²) in [5.74, 6) is 0. The zero-order valence-electron chi connectivity index (χ0n) is 11.4. The van der Waals surface area contributed by atoms with Gasteiger partial charge in [-0.1, -0.05) is 0 Å². The lowest BCUT2D eigenvalue weighted by Gasteiger charge is -2.31. The molecule has 4 nitrogen and oxygen atoms in total. The van der Waals surface area contributed by atoms with Gasteiger partial charge in [-0.2, -0.15) is 0 Å². The molecule has 0 aliphatic heterocycles. The number of nitrogens with one attached hydrogen (secondary N) is 1. The molecule has 1 aliphatic carbocycles. The van der Waals surface area contributed by atoms with Gasteiger partial charge in [0.1, 0.15) is 0 Å². The van der Waals surface area contributed by atoms with Crippen molar-refractivity contribution in [3.63, 3.8) is 0 Å². The van der Waals surface area contributed by atoms with Crippen LogP contribution in [0.4, 0.5) is 0 Å². The third kappa shape index (κ3) is 6.36. The summed E-state index contributed by atoms with van der Waals surface area (Å²) < 4.78 is 10.7. The summed E-state index contributed by atoms with van der Waals surface area (Å²) >= 11 is 0. The Balaban J connectivity index is 2.18. The molecule has 1 rings (SSSR count). The van der Waals surface area contributed by atoms with Gasteiger partial charge < -0.3 is 19.9 Å². The fourth-order valence-corrected chi connectivity index (χ4v) is 2.07. The Kier molecular flexibility index (Phi) is 6.41. The molecule has 2 atom stereocenters. The molecule has 0 saturated heterocycles. The summed E-state index contributed by atoms with van der Waals surface area (Å²) in [6.07, 6.45) is 4.40. The van der Waals surface area contributed by atoms with Gasteiger partial charge >= 0.3 is 0 Å². The second-order valence-corrected chi connectivity index (χ2v) is 5.37. The minimum Gasteiger partial charge on any atom is -0.394 e. The van der Waals surface area contributed by atoms with Crippen LogP contribution in [0.3, 0.4) is 0 Å². The largest absolute Gasteiger partial charge is 0.394 e. The van der Waals surface area contributed by atoms with Crippen molar-refractivity contribution in [3.05, 3.63) is 0 Å². The van der Waals surface area contributed by atoms with Crippen molar-refractivity contribution in [2.75, 3.05) is 26.9 Å². The Morgan fingerprint density at radius 2 is 2.12 bits per heavy atom. The van der Waals surface area contributed by atoms with E-state index in [0.29, 0.717) is 6.04 Å². The van der Waals surface area contributed by atoms with E-state index in [1.165, 1.54) is 12.8 Å². The van der Waals surface area contributed by atoms with Crippen LogP contribution in [-0.2, 0) is 9.47 Å². The summed E-state index contributed by atoms with van der Waals surface area (Å²) in [5, 5.41) is 13.0. The molecule has 1 fully saturated rings. The highest BCUT2D eigenvalue weighted by Gasteiger charge is 2.33. The molecule has 102 valence electrons. The topological polar surface area (TPSA) is 50.7 Å². The van der Waals surface area contributed by atoms with Crippen LogP contribution in [-0.4, -0.2) is 49.7 Å². The highest BCUT2D eigenvalue weighted by molar-refractivity contribution is 4.93. The van der Waals surface area contributed by atoms with E-state index in [9.17, 15) is 5.11 Å². The fourth-order valence-electron chi connectivity index (χ4n) is 2.07. The summed E-state index contributed by atoms with van der Waals surface area (Å²) in [6.45, 7) is 5.76. The number of ether oxygens (including phenoxy) is 2.